The molecule has 0 aromatic heterocycles. The van der Waals surface area contributed by atoms with E-state index in [-0.39, 0.29) is 0 Å². The van der Waals surface area contributed by atoms with E-state index in [0.29, 0.717) is 5.56 Å². The van der Waals surface area contributed by atoms with Gasteiger partial charge in [0.05, 0.1) is 29.0 Å². The van der Waals surface area contributed by atoms with E-state index in [0.717, 1.165) is 21.8 Å². The van der Waals surface area contributed by atoms with Gasteiger partial charge in [-0.1, -0.05) is 0 Å². The SMILES string of the molecule is N#Cc1ccc2c(c1)=NC=CC1=CN=CNC=21. The zero-order valence-electron chi connectivity index (χ0n) is 8.88. The monoisotopic (exact) mass is 220 g/mol. The predicted octanol–water partition coefficient (Wildman–Crippen LogP) is 0.329. The second-order valence-electron chi connectivity index (χ2n) is 3.67. The third kappa shape index (κ3) is 1.54. The van der Waals surface area contributed by atoms with Crippen LogP contribution in [0.3, 0.4) is 0 Å². The highest BCUT2D eigenvalue weighted by molar-refractivity contribution is 5.80. The third-order valence-corrected chi connectivity index (χ3v) is 2.65. The molecule has 0 amide bonds. The molecule has 0 bridgehead atoms. The van der Waals surface area contributed by atoms with Gasteiger partial charge in [-0.2, -0.15) is 5.26 Å². The van der Waals surface area contributed by atoms with E-state index in [1.54, 1.807) is 30.9 Å². The third-order valence-electron chi connectivity index (χ3n) is 2.65. The van der Waals surface area contributed by atoms with Gasteiger partial charge in [-0.05, 0) is 24.3 Å². The van der Waals surface area contributed by atoms with E-state index in [2.05, 4.69) is 21.4 Å². The van der Waals surface area contributed by atoms with E-state index < -0.39 is 0 Å². The molecule has 1 N–H and O–H groups in total. The number of nitrogens with one attached hydrogen (secondary N) is 1. The fourth-order valence-corrected chi connectivity index (χ4v) is 1.84. The second-order valence-corrected chi connectivity index (χ2v) is 3.67. The van der Waals surface area contributed by atoms with Crippen molar-refractivity contribution < 1.29 is 0 Å². The van der Waals surface area contributed by atoms with Crippen molar-refractivity contribution in [3.63, 3.8) is 0 Å². The Labute approximate surface area is 97.6 Å². The van der Waals surface area contributed by atoms with Crippen molar-refractivity contribution in [2.75, 3.05) is 0 Å². The summed E-state index contributed by atoms with van der Waals surface area (Å²) in [4.78, 5) is 8.38. The fourth-order valence-electron chi connectivity index (χ4n) is 1.84. The summed E-state index contributed by atoms with van der Waals surface area (Å²) in [6, 6.07) is 7.59. The highest BCUT2D eigenvalue weighted by Gasteiger charge is 2.08. The normalized spacial score (nSPS) is 15.7. The lowest BCUT2D eigenvalue weighted by Gasteiger charge is -2.10. The van der Waals surface area contributed by atoms with Crippen LogP contribution in [-0.4, -0.2) is 6.34 Å². The van der Waals surface area contributed by atoms with E-state index in [1.807, 2.05) is 12.1 Å². The van der Waals surface area contributed by atoms with Crippen LogP contribution >= 0.6 is 0 Å². The molecule has 0 unspecified atom stereocenters. The number of nitrogens with zero attached hydrogens (tertiary/aromatic N) is 3. The molecule has 0 saturated carbocycles. The molecule has 17 heavy (non-hydrogen) atoms. The minimum atomic E-state index is 0.610. The van der Waals surface area contributed by atoms with Crippen LogP contribution in [0.2, 0.25) is 0 Å². The zero-order chi connectivity index (χ0) is 11.7. The van der Waals surface area contributed by atoms with E-state index in [4.69, 9.17) is 5.26 Å². The molecule has 0 fully saturated rings. The Bertz CT molecular complexity index is 730. The van der Waals surface area contributed by atoms with Gasteiger partial charge in [0.2, 0.25) is 0 Å². The molecule has 0 radical (unpaired) electrons. The maximum atomic E-state index is 8.88. The number of nitriles is 1. The summed E-state index contributed by atoms with van der Waals surface area (Å²) in [6.07, 6.45) is 7.04. The Morgan fingerprint density at radius 2 is 2.24 bits per heavy atom. The van der Waals surface area contributed by atoms with E-state index in [1.165, 1.54) is 0 Å². The van der Waals surface area contributed by atoms with Crippen LogP contribution in [0.1, 0.15) is 5.56 Å². The zero-order valence-corrected chi connectivity index (χ0v) is 8.88. The van der Waals surface area contributed by atoms with Crippen LogP contribution in [0.4, 0.5) is 0 Å². The molecular weight excluding hydrogens is 212 g/mol. The van der Waals surface area contributed by atoms with Crippen molar-refractivity contribution in [3.8, 4) is 6.07 Å². The summed E-state index contributed by atoms with van der Waals surface area (Å²) in [6.45, 7) is 0. The van der Waals surface area contributed by atoms with Crippen molar-refractivity contribution in [1.29, 1.82) is 5.26 Å². The lowest BCUT2D eigenvalue weighted by atomic mass is 10.1. The maximum absolute atomic E-state index is 8.88. The summed E-state index contributed by atoms with van der Waals surface area (Å²) in [5, 5.41) is 13.8. The first-order valence-electron chi connectivity index (χ1n) is 5.16. The van der Waals surface area contributed by atoms with Gasteiger partial charge in [0.25, 0.3) is 0 Å². The minimum Gasteiger partial charge on any atom is -0.345 e. The van der Waals surface area contributed by atoms with Gasteiger partial charge in [-0.3, -0.25) is 4.99 Å². The molecule has 3 rings (SSSR count). The maximum Gasteiger partial charge on any atom is 0.0992 e. The molecule has 2 heterocycles. The molecule has 1 aromatic carbocycles. The first-order chi connectivity index (χ1) is 8.38. The summed E-state index contributed by atoms with van der Waals surface area (Å²) in [5.41, 5.74) is 2.56. The summed E-state index contributed by atoms with van der Waals surface area (Å²) >= 11 is 0. The molecule has 4 heteroatoms. The Morgan fingerprint density at radius 3 is 3.12 bits per heavy atom. The fraction of sp³-hybridized carbons (Fsp3) is 0. The Balaban J connectivity index is 2.40. The minimum absolute atomic E-state index is 0.610. The van der Waals surface area contributed by atoms with Crippen LogP contribution in [-0.2, 0) is 0 Å². The molecule has 0 atom stereocenters. The van der Waals surface area contributed by atoms with Crippen molar-refractivity contribution in [2.24, 2.45) is 9.98 Å². The number of hydrogen-bond acceptors (Lipinski definition) is 4. The highest BCUT2D eigenvalue weighted by atomic mass is 15.0. The van der Waals surface area contributed by atoms with Crippen LogP contribution in [0.25, 0.3) is 5.70 Å². The number of hydrogen-bond donors (Lipinski definition) is 1. The van der Waals surface area contributed by atoms with Gasteiger partial charge in [0.1, 0.15) is 0 Å². The Kier molecular flexibility index (Phi) is 2.09. The lowest BCUT2D eigenvalue weighted by Crippen LogP contribution is -2.32. The summed E-state index contributed by atoms with van der Waals surface area (Å²) in [5.74, 6) is 0. The summed E-state index contributed by atoms with van der Waals surface area (Å²) < 4.78 is 0. The molecule has 0 saturated heterocycles. The van der Waals surface area contributed by atoms with Crippen molar-refractivity contribution in [3.05, 3.63) is 58.4 Å². The van der Waals surface area contributed by atoms with Gasteiger partial charge in [0, 0.05) is 23.2 Å². The molecule has 1 aromatic rings. The predicted molar refractivity (Wildman–Crippen MR) is 64.2 cm³/mol. The molecule has 0 spiro atoms. The molecule has 2 aliphatic rings. The van der Waals surface area contributed by atoms with Gasteiger partial charge in [-0.15, -0.1) is 0 Å². The average Bonchev–Trinajstić information content (AvgIpc) is 2.57. The van der Waals surface area contributed by atoms with Gasteiger partial charge < -0.3 is 5.32 Å². The molecule has 4 nitrogen and oxygen atoms in total. The van der Waals surface area contributed by atoms with Gasteiger partial charge >= 0.3 is 0 Å². The Hall–Kier alpha value is -2.67. The van der Waals surface area contributed by atoms with Crippen molar-refractivity contribution in [1.82, 2.24) is 5.32 Å². The smallest absolute Gasteiger partial charge is 0.0992 e. The van der Waals surface area contributed by atoms with Gasteiger partial charge in [-0.25, -0.2) is 4.99 Å². The highest BCUT2D eigenvalue weighted by Crippen LogP contribution is 2.12. The second kappa shape index (κ2) is 3.72. The number of aliphatic imine (C=N–C) groups is 1. The van der Waals surface area contributed by atoms with Crippen molar-refractivity contribution >= 4 is 12.0 Å². The molecule has 2 aliphatic heterocycles. The van der Waals surface area contributed by atoms with E-state index >= 15 is 0 Å². The molecule has 80 valence electrons. The van der Waals surface area contributed by atoms with Crippen molar-refractivity contribution in [2.45, 2.75) is 0 Å². The van der Waals surface area contributed by atoms with Crippen LogP contribution in [0.5, 0.6) is 0 Å². The van der Waals surface area contributed by atoms with E-state index in [9.17, 15) is 0 Å². The quantitative estimate of drug-likeness (QED) is 0.685. The summed E-state index contributed by atoms with van der Waals surface area (Å²) in [7, 11) is 0. The molecular formula is C13H8N4. The number of benzene rings is 1. The lowest BCUT2D eigenvalue weighted by molar-refractivity contribution is 1.22. The average molecular weight is 220 g/mol. The Morgan fingerprint density at radius 1 is 1.29 bits per heavy atom. The first-order valence-corrected chi connectivity index (χ1v) is 5.16. The largest absolute Gasteiger partial charge is 0.345 e. The van der Waals surface area contributed by atoms with Crippen LogP contribution < -0.4 is 15.9 Å². The van der Waals surface area contributed by atoms with Crippen LogP contribution in [0.15, 0.2) is 52.2 Å². The number of fused-ring (bicyclic) bond motifs is 2. The van der Waals surface area contributed by atoms with Gasteiger partial charge in [0.15, 0.2) is 0 Å². The molecule has 0 aliphatic carbocycles. The topological polar surface area (TPSA) is 60.5 Å². The first kappa shape index (κ1) is 9.55. The standard InChI is InChI=1S/C13H8N4/c14-6-9-1-2-11-12(5-9)16-4-3-10-7-15-8-17-13(10)11/h1-5,7-8H,(H,15,17). The van der Waals surface area contributed by atoms with Crippen LogP contribution in [0, 0.1) is 11.3 Å². The number of rotatable bonds is 0.